The van der Waals surface area contributed by atoms with Crippen LogP contribution in [0.15, 0.2) is 60.7 Å². The fraction of sp³-hybridized carbons (Fsp3) is 0.273. The van der Waals surface area contributed by atoms with E-state index in [-0.39, 0.29) is 26.1 Å². The summed E-state index contributed by atoms with van der Waals surface area (Å²) in [7, 11) is 0. The minimum absolute atomic E-state index is 0.0107. The van der Waals surface area contributed by atoms with Crippen LogP contribution in [-0.4, -0.2) is 64.7 Å². The summed E-state index contributed by atoms with van der Waals surface area (Å²) in [5.41, 5.74) is 1.12. The Labute approximate surface area is 179 Å². The topological polar surface area (TPSA) is 116 Å². The highest BCUT2D eigenvalue weighted by molar-refractivity contribution is 5.96. The van der Waals surface area contributed by atoms with E-state index in [0.29, 0.717) is 17.5 Å². The monoisotopic (exact) mass is 425 g/mol. The van der Waals surface area contributed by atoms with Crippen LogP contribution < -0.4 is 5.32 Å². The van der Waals surface area contributed by atoms with Crippen molar-refractivity contribution in [2.24, 2.45) is 0 Å². The molecular weight excluding hydrogens is 402 g/mol. The van der Waals surface area contributed by atoms with Crippen molar-refractivity contribution in [2.45, 2.75) is 18.9 Å². The molecule has 0 saturated carbocycles. The number of benzene rings is 2. The molecule has 0 aromatic heterocycles. The number of carbonyl (C=O) groups excluding carboxylic acids is 3. The van der Waals surface area contributed by atoms with Crippen molar-refractivity contribution >= 4 is 23.9 Å². The van der Waals surface area contributed by atoms with E-state index < -0.39 is 30.0 Å². The number of rotatable bonds is 7. The molecule has 0 radical (unpaired) electrons. The number of nitrogens with zero attached hydrogens (tertiary/aromatic N) is 2. The van der Waals surface area contributed by atoms with Gasteiger partial charge in [-0.1, -0.05) is 48.5 Å². The van der Waals surface area contributed by atoms with Gasteiger partial charge in [0.1, 0.15) is 0 Å². The maximum absolute atomic E-state index is 12.6. The molecule has 0 aliphatic carbocycles. The summed E-state index contributed by atoms with van der Waals surface area (Å²) in [6.45, 7) is 0.185. The average Bonchev–Trinajstić information content (AvgIpc) is 3.28. The van der Waals surface area contributed by atoms with Gasteiger partial charge in [0.05, 0.1) is 6.54 Å². The van der Waals surface area contributed by atoms with E-state index in [2.05, 4.69) is 5.32 Å². The van der Waals surface area contributed by atoms with Crippen molar-refractivity contribution in [3.63, 3.8) is 0 Å². The molecule has 3 rings (SSSR count). The Morgan fingerprint density at radius 2 is 1.55 bits per heavy atom. The molecule has 31 heavy (non-hydrogen) atoms. The summed E-state index contributed by atoms with van der Waals surface area (Å²) in [5.74, 6) is -2.17. The van der Waals surface area contributed by atoms with Gasteiger partial charge in [-0.3, -0.25) is 9.59 Å². The number of hydrazine groups is 1. The van der Waals surface area contributed by atoms with Crippen molar-refractivity contribution in [2.75, 3.05) is 19.6 Å². The normalized spacial score (nSPS) is 14.1. The van der Waals surface area contributed by atoms with Gasteiger partial charge >= 0.3 is 12.1 Å². The van der Waals surface area contributed by atoms with Gasteiger partial charge in [0.25, 0.3) is 11.8 Å². The molecule has 2 aromatic carbocycles. The van der Waals surface area contributed by atoms with Crippen LogP contribution in [-0.2, 0) is 20.7 Å². The first-order valence-electron chi connectivity index (χ1n) is 9.84. The van der Waals surface area contributed by atoms with Crippen molar-refractivity contribution < 1.29 is 29.0 Å². The molecule has 1 aliphatic rings. The Hall–Kier alpha value is -3.88. The van der Waals surface area contributed by atoms with Crippen LogP contribution in [0.2, 0.25) is 0 Å². The number of hydrogen-bond acceptors (Lipinski definition) is 5. The molecule has 1 fully saturated rings. The molecular formula is C22H23N3O6. The van der Waals surface area contributed by atoms with E-state index in [1.54, 1.807) is 60.7 Å². The van der Waals surface area contributed by atoms with Crippen LogP contribution in [0, 0.1) is 0 Å². The highest BCUT2D eigenvalue weighted by Crippen LogP contribution is 2.15. The number of amides is 3. The Morgan fingerprint density at radius 3 is 2.19 bits per heavy atom. The molecule has 1 unspecified atom stereocenters. The third-order valence-electron chi connectivity index (χ3n) is 4.75. The number of aliphatic carboxylic acids is 1. The maximum atomic E-state index is 12.6. The first kappa shape index (κ1) is 21.8. The smallest absolute Gasteiger partial charge is 0.429 e. The highest BCUT2D eigenvalue weighted by atomic mass is 16.6. The molecule has 0 bridgehead atoms. The molecule has 9 nitrogen and oxygen atoms in total. The van der Waals surface area contributed by atoms with Crippen LogP contribution >= 0.6 is 0 Å². The average molecular weight is 425 g/mol. The van der Waals surface area contributed by atoms with Gasteiger partial charge in [0.2, 0.25) is 6.10 Å². The zero-order valence-electron chi connectivity index (χ0n) is 16.8. The molecule has 2 N–H and O–H groups in total. The zero-order chi connectivity index (χ0) is 22.2. The molecule has 1 aliphatic heterocycles. The van der Waals surface area contributed by atoms with Crippen LogP contribution in [0.1, 0.15) is 22.3 Å². The molecule has 1 saturated heterocycles. The summed E-state index contributed by atoms with van der Waals surface area (Å²) in [6.07, 6.45) is -1.77. The Bertz CT molecular complexity index is 935. The minimum Gasteiger partial charge on any atom is -0.478 e. The Kier molecular flexibility index (Phi) is 7.21. The molecule has 0 spiro atoms. The summed E-state index contributed by atoms with van der Waals surface area (Å²) >= 11 is 0. The van der Waals surface area contributed by atoms with Crippen LogP contribution in [0.5, 0.6) is 0 Å². The molecule has 1 atom stereocenters. The molecule has 1 heterocycles. The van der Waals surface area contributed by atoms with Crippen molar-refractivity contribution in [3.8, 4) is 0 Å². The standard InChI is InChI=1S/C22H23N3O6/c26-19(15-23-20(27)17-10-5-2-6-11-17)24-12-7-13-25(24)22(30)31-18(21(28)29)14-16-8-3-1-4-9-16/h1-6,8-11,18H,7,12-15H2,(H,23,27)(H,28,29). The molecule has 3 amide bonds. The van der Waals surface area contributed by atoms with Gasteiger partial charge in [-0.15, -0.1) is 0 Å². The Balaban J connectivity index is 1.57. The van der Waals surface area contributed by atoms with Crippen molar-refractivity contribution in [3.05, 3.63) is 71.8 Å². The molecule has 9 heteroatoms. The number of nitrogens with one attached hydrogen (secondary N) is 1. The van der Waals surface area contributed by atoms with E-state index in [4.69, 9.17) is 4.74 Å². The Morgan fingerprint density at radius 1 is 0.935 bits per heavy atom. The number of carboxylic acid groups (broad SMARTS) is 1. The number of carbonyl (C=O) groups is 4. The fourth-order valence-electron chi connectivity index (χ4n) is 3.19. The van der Waals surface area contributed by atoms with Crippen LogP contribution in [0.3, 0.4) is 0 Å². The second kappa shape index (κ2) is 10.2. The van der Waals surface area contributed by atoms with E-state index >= 15 is 0 Å². The van der Waals surface area contributed by atoms with Gasteiger partial charge in [0, 0.05) is 25.1 Å². The lowest BCUT2D eigenvalue weighted by molar-refractivity contribution is -0.149. The largest absolute Gasteiger partial charge is 0.478 e. The third kappa shape index (κ3) is 5.81. The minimum atomic E-state index is -1.38. The highest BCUT2D eigenvalue weighted by Gasteiger charge is 2.34. The van der Waals surface area contributed by atoms with E-state index in [0.717, 1.165) is 5.01 Å². The predicted molar refractivity (Wildman–Crippen MR) is 110 cm³/mol. The van der Waals surface area contributed by atoms with Gasteiger partial charge in [-0.2, -0.15) is 0 Å². The number of carboxylic acids is 1. The number of hydrogen-bond donors (Lipinski definition) is 2. The maximum Gasteiger partial charge on any atom is 0.429 e. The third-order valence-corrected chi connectivity index (χ3v) is 4.75. The first-order valence-corrected chi connectivity index (χ1v) is 9.84. The first-order chi connectivity index (χ1) is 15.0. The van der Waals surface area contributed by atoms with E-state index in [9.17, 15) is 24.3 Å². The summed E-state index contributed by atoms with van der Waals surface area (Å²) in [5, 5.41) is 14.2. The summed E-state index contributed by atoms with van der Waals surface area (Å²) in [6, 6.07) is 17.3. The van der Waals surface area contributed by atoms with Gasteiger partial charge in [-0.25, -0.2) is 19.6 Å². The molecule has 2 aromatic rings. The van der Waals surface area contributed by atoms with E-state index in [1.807, 2.05) is 0 Å². The van der Waals surface area contributed by atoms with Crippen molar-refractivity contribution in [1.82, 2.24) is 15.3 Å². The summed E-state index contributed by atoms with van der Waals surface area (Å²) in [4.78, 5) is 48.8. The second-order valence-corrected chi connectivity index (χ2v) is 6.94. The second-order valence-electron chi connectivity index (χ2n) is 6.94. The fourth-order valence-corrected chi connectivity index (χ4v) is 3.19. The lowest BCUT2D eigenvalue weighted by Gasteiger charge is -2.28. The van der Waals surface area contributed by atoms with Gasteiger partial charge in [0.15, 0.2) is 0 Å². The number of ether oxygens (including phenoxy) is 1. The SMILES string of the molecule is O=C(NCC(=O)N1CCCN1C(=O)OC(Cc1ccccc1)C(=O)O)c1ccccc1. The van der Waals surface area contributed by atoms with Crippen molar-refractivity contribution in [1.29, 1.82) is 0 Å². The molecule has 162 valence electrons. The quantitative estimate of drug-likeness (QED) is 0.698. The van der Waals surface area contributed by atoms with Crippen LogP contribution in [0.25, 0.3) is 0 Å². The van der Waals surface area contributed by atoms with Gasteiger partial charge < -0.3 is 15.2 Å². The van der Waals surface area contributed by atoms with E-state index in [1.165, 1.54) is 5.01 Å². The van der Waals surface area contributed by atoms with Crippen LogP contribution in [0.4, 0.5) is 4.79 Å². The lowest BCUT2D eigenvalue weighted by atomic mass is 10.1. The summed E-state index contributed by atoms with van der Waals surface area (Å²) < 4.78 is 5.18. The predicted octanol–water partition coefficient (Wildman–Crippen LogP) is 1.70. The lowest BCUT2D eigenvalue weighted by Crippen LogP contribution is -2.50. The zero-order valence-corrected chi connectivity index (χ0v) is 16.8. The van der Waals surface area contributed by atoms with Gasteiger partial charge in [-0.05, 0) is 24.1 Å².